The van der Waals surface area contributed by atoms with E-state index in [1.54, 1.807) is 6.08 Å². The number of hydrogen-bond acceptors (Lipinski definition) is 5. The molecule has 1 atom stereocenters. The van der Waals surface area contributed by atoms with Crippen molar-refractivity contribution in [3.05, 3.63) is 76.5 Å². The van der Waals surface area contributed by atoms with Crippen molar-refractivity contribution < 1.29 is 9.13 Å². The van der Waals surface area contributed by atoms with Gasteiger partial charge in [-0.2, -0.15) is 5.10 Å². The number of imidazole rings is 1. The van der Waals surface area contributed by atoms with Crippen molar-refractivity contribution in [2.45, 2.75) is 38.6 Å². The van der Waals surface area contributed by atoms with Crippen LogP contribution in [0, 0.1) is 6.92 Å². The van der Waals surface area contributed by atoms with E-state index in [1.807, 2.05) is 37.0 Å². The van der Waals surface area contributed by atoms with Crippen LogP contribution >= 0.6 is 0 Å². The summed E-state index contributed by atoms with van der Waals surface area (Å²) in [6.07, 6.45) is 8.97. The van der Waals surface area contributed by atoms with Gasteiger partial charge in [0.05, 0.1) is 12.3 Å². The quantitative estimate of drug-likeness (QED) is 0.580. The first-order chi connectivity index (χ1) is 15.0. The van der Waals surface area contributed by atoms with Gasteiger partial charge in [-0.3, -0.25) is 4.68 Å². The molecular weight excluding hydrogens is 395 g/mol. The van der Waals surface area contributed by atoms with E-state index in [9.17, 15) is 4.39 Å². The van der Waals surface area contributed by atoms with Crippen molar-refractivity contribution in [1.29, 1.82) is 0 Å². The van der Waals surface area contributed by atoms with Gasteiger partial charge in [0.25, 0.3) is 0 Å². The number of rotatable bonds is 8. The Balaban J connectivity index is 1.54. The van der Waals surface area contributed by atoms with Crippen molar-refractivity contribution in [1.82, 2.24) is 19.2 Å². The Morgan fingerprint density at radius 1 is 1.26 bits per heavy atom. The first-order valence-electron chi connectivity index (χ1n) is 10.6. The van der Waals surface area contributed by atoms with Crippen LogP contribution in [-0.2, 0) is 31.2 Å². The largest absolute Gasteiger partial charge is 0.497 e. The van der Waals surface area contributed by atoms with Gasteiger partial charge >= 0.3 is 0 Å². The summed E-state index contributed by atoms with van der Waals surface area (Å²) in [5.41, 5.74) is 17.6. The van der Waals surface area contributed by atoms with Crippen LogP contribution in [0.1, 0.15) is 40.5 Å². The molecule has 3 aromatic rings. The average Bonchev–Trinajstić information content (AvgIpc) is 3.29. The number of aryl methyl sites for hydroxylation is 1. The van der Waals surface area contributed by atoms with Gasteiger partial charge in [0.15, 0.2) is 0 Å². The van der Waals surface area contributed by atoms with Crippen molar-refractivity contribution in [2.75, 3.05) is 13.2 Å². The van der Waals surface area contributed by atoms with E-state index in [0.717, 1.165) is 40.3 Å². The number of nitrogens with two attached hydrogens (primary N) is 2. The lowest BCUT2D eigenvalue weighted by atomic mass is 9.91. The van der Waals surface area contributed by atoms with Gasteiger partial charge in [-0.15, -0.1) is 0 Å². The van der Waals surface area contributed by atoms with Crippen molar-refractivity contribution in [2.24, 2.45) is 18.5 Å². The smallest absolute Gasteiger partial charge is 0.136 e. The molecule has 31 heavy (non-hydrogen) atoms. The van der Waals surface area contributed by atoms with Crippen molar-refractivity contribution in [3.63, 3.8) is 0 Å². The summed E-state index contributed by atoms with van der Waals surface area (Å²) in [7, 11) is 1.91. The molecule has 0 saturated heterocycles. The molecule has 0 amide bonds. The third kappa shape index (κ3) is 4.26. The molecule has 1 aliphatic rings. The molecule has 164 valence electrons. The maximum Gasteiger partial charge on any atom is 0.136 e. The molecule has 0 fully saturated rings. The van der Waals surface area contributed by atoms with Crippen LogP contribution in [0.2, 0.25) is 0 Å². The molecule has 8 heteroatoms. The van der Waals surface area contributed by atoms with Crippen LogP contribution < -0.4 is 11.5 Å². The molecule has 0 saturated carbocycles. The fourth-order valence-electron chi connectivity index (χ4n) is 4.15. The first kappa shape index (κ1) is 21.3. The zero-order chi connectivity index (χ0) is 22.0. The summed E-state index contributed by atoms with van der Waals surface area (Å²) in [6.45, 7) is 3.39. The van der Waals surface area contributed by atoms with Gasteiger partial charge in [-0.25, -0.2) is 9.37 Å². The van der Waals surface area contributed by atoms with Crippen LogP contribution in [0.5, 0.6) is 0 Å². The van der Waals surface area contributed by atoms with Crippen molar-refractivity contribution >= 4 is 5.65 Å². The second kappa shape index (κ2) is 9.03. The van der Waals surface area contributed by atoms with E-state index in [-0.39, 0.29) is 11.7 Å². The van der Waals surface area contributed by atoms with E-state index >= 15 is 0 Å². The molecule has 0 spiro atoms. The fourth-order valence-corrected chi connectivity index (χ4v) is 4.15. The molecule has 4 rings (SSSR count). The van der Waals surface area contributed by atoms with Crippen LogP contribution in [0.25, 0.3) is 5.65 Å². The lowest BCUT2D eigenvalue weighted by molar-refractivity contribution is 0.193. The minimum Gasteiger partial charge on any atom is -0.497 e. The fraction of sp³-hybridized carbons (Fsp3) is 0.391. The van der Waals surface area contributed by atoms with Crippen LogP contribution in [0.15, 0.2) is 48.3 Å². The number of allylic oxidation sites excluding steroid dienone is 4. The van der Waals surface area contributed by atoms with Gasteiger partial charge in [-0.05, 0) is 37.6 Å². The predicted molar refractivity (Wildman–Crippen MR) is 118 cm³/mol. The van der Waals surface area contributed by atoms with Crippen LogP contribution in [0.3, 0.4) is 0 Å². The Labute approximate surface area is 181 Å². The summed E-state index contributed by atoms with van der Waals surface area (Å²) >= 11 is 0. The molecule has 1 unspecified atom stereocenters. The van der Waals surface area contributed by atoms with Crippen LogP contribution in [-0.4, -0.2) is 32.3 Å². The van der Waals surface area contributed by atoms with E-state index < -0.39 is 0 Å². The topological polar surface area (TPSA) is 96.4 Å². The van der Waals surface area contributed by atoms with Gasteiger partial charge in [0, 0.05) is 67.8 Å². The normalized spacial score (nSPS) is 16.5. The van der Waals surface area contributed by atoms with Gasteiger partial charge in [-0.1, -0.05) is 6.07 Å². The van der Waals surface area contributed by atoms with Gasteiger partial charge < -0.3 is 20.6 Å². The lowest BCUT2D eigenvalue weighted by Gasteiger charge is -2.23. The third-order valence-electron chi connectivity index (χ3n) is 5.94. The maximum atomic E-state index is 14.1. The Morgan fingerprint density at radius 2 is 2.10 bits per heavy atom. The van der Waals surface area contributed by atoms with E-state index in [1.165, 1.54) is 6.08 Å². The number of pyridine rings is 1. The standard InChI is InChI=1S/C23H29FN6O/c1-15-19(21(12-26)28-29(15)2)8-10-31-22-11-17(24)4-5-20(22)16-3-6-23-27-13-18(7-9-25)30(23)14-16/h3-4,6,11,13-14,20H,5,7-10,12,25-26H2,1-2H3. The molecule has 3 aromatic heterocycles. The van der Waals surface area contributed by atoms with Gasteiger partial charge in [0.1, 0.15) is 17.2 Å². The molecule has 3 heterocycles. The Hall–Kier alpha value is -2.97. The van der Waals surface area contributed by atoms with E-state index in [2.05, 4.69) is 20.7 Å². The molecule has 0 radical (unpaired) electrons. The van der Waals surface area contributed by atoms with Crippen LogP contribution in [0.4, 0.5) is 4.39 Å². The molecule has 7 nitrogen and oxygen atoms in total. The molecule has 0 bridgehead atoms. The van der Waals surface area contributed by atoms with E-state index in [4.69, 9.17) is 16.2 Å². The number of ether oxygens (including phenoxy) is 1. The molecule has 4 N–H and O–H groups in total. The maximum absolute atomic E-state index is 14.1. The SMILES string of the molecule is Cc1c(CCOC2=CC(F)=CCC2c2ccc3ncc(CCN)n3c2)c(CN)nn1C. The zero-order valence-corrected chi connectivity index (χ0v) is 18.0. The summed E-state index contributed by atoms with van der Waals surface area (Å²) in [4.78, 5) is 4.44. The monoisotopic (exact) mass is 424 g/mol. The number of halogens is 1. The number of aromatic nitrogens is 4. The molecule has 0 aromatic carbocycles. The summed E-state index contributed by atoms with van der Waals surface area (Å²) in [5.74, 6) is 0.315. The zero-order valence-electron chi connectivity index (χ0n) is 18.0. The number of fused-ring (bicyclic) bond motifs is 1. The first-order valence-corrected chi connectivity index (χ1v) is 10.6. The Kier molecular flexibility index (Phi) is 6.20. The highest BCUT2D eigenvalue weighted by Crippen LogP contribution is 2.34. The third-order valence-corrected chi connectivity index (χ3v) is 5.94. The predicted octanol–water partition coefficient (Wildman–Crippen LogP) is 2.82. The Bertz CT molecular complexity index is 1140. The minimum absolute atomic E-state index is 0.0546. The highest BCUT2D eigenvalue weighted by Gasteiger charge is 2.23. The minimum atomic E-state index is -0.265. The summed E-state index contributed by atoms with van der Waals surface area (Å²) < 4.78 is 24.1. The van der Waals surface area contributed by atoms with Gasteiger partial charge in [0.2, 0.25) is 0 Å². The average molecular weight is 425 g/mol. The number of nitrogens with zero attached hydrogens (tertiary/aromatic N) is 4. The second-order valence-electron chi connectivity index (χ2n) is 7.84. The highest BCUT2D eigenvalue weighted by atomic mass is 19.1. The second-order valence-corrected chi connectivity index (χ2v) is 7.84. The molecule has 1 aliphatic carbocycles. The summed E-state index contributed by atoms with van der Waals surface area (Å²) in [6, 6.07) is 4.01. The molecular formula is C23H29FN6O. The molecule has 0 aliphatic heterocycles. The highest BCUT2D eigenvalue weighted by molar-refractivity contribution is 5.44. The number of hydrogen-bond donors (Lipinski definition) is 2. The Morgan fingerprint density at radius 3 is 2.87 bits per heavy atom. The van der Waals surface area contributed by atoms with Crippen molar-refractivity contribution in [3.8, 4) is 0 Å². The summed E-state index contributed by atoms with van der Waals surface area (Å²) in [5, 5.41) is 4.45. The lowest BCUT2D eigenvalue weighted by Crippen LogP contribution is -2.12. The van der Waals surface area contributed by atoms with E-state index in [0.29, 0.717) is 38.3 Å².